The van der Waals surface area contributed by atoms with E-state index in [1.54, 1.807) is 18.2 Å². The van der Waals surface area contributed by atoms with E-state index in [1.165, 1.54) is 6.07 Å². The Hall–Kier alpha value is -0.660. The highest BCUT2D eigenvalue weighted by molar-refractivity contribution is 7.89. The number of piperazine rings is 1. The molecule has 1 fully saturated rings. The Morgan fingerprint density at radius 1 is 1.32 bits per heavy atom. The molecule has 1 aromatic rings. The predicted molar refractivity (Wildman–Crippen MR) is 76.0 cm³/mol. The summed E-state index contributed by atoms with van der Waals surface area (Å²) in [4.78, 5) is 2.44. The molecule has 1 aromatic carbocycles. The maximum atomic E-state index is 12.0. The van der Waals surface area contributed by atoms with Gasteiger partial charge in [0.2, 0.25) is 10.0 Å². The summed E-state index contributed by atoms with van der Waals surface area (Å²) >= 11 is 5.80. The van der Waals surface area contributed by atoms with Crippen molar-refractivity contribution in [2.45, 2.75) is 4.90 Å². The van der Waals surface area contributed by atoms with E-state index >= 15 is 0 Å². The van der Waals surface area contributed by atoms with Crippen LogP contribution in [0.4, 0.5) is 0 Å². The lowest BCUT2D eigenvalue weighted by Crippen LogP contribution is -2.46. The standard InChI is InChI=1S/C12H18ClN3O2S/c13-11-2-1-3-12(10-11)19(17,18)15-6-9-16-7-4-14-5-8-16/h1-3,10,14-15H,4-9H2. The van der Waals surface area contributed by atoms with Gasteiger partial charge in [-0.05, 0) is 18.2 Å². The topological polar surface area (TPSA) is 61.4 Å². The average Bonchev–Trinajstić information content (AvgIpc) is 2.40. The molecule has 19 heavy (non-hydrogen) atoms. The Morgan fingerprint density at radius 3 is 2.74 bits per heavy atom. The minimum Gasteiger partial charge on any atom is -0.314 e. The normalized spacial score (nSPS) is 17.5. The molecule has 1 aliphatic rings. The zero-order chi connectivity index (χ0) is 13.7. The molecule has 0 radical (unpaired) electrons. The van der Waals surface area contributed by atoms with Gasteiger partial charge in [-0.25, -0.2) is 13.1 Å². The van der Waals surface area contributed by atoms with Crippen molar-refractivity contribution >= 4 is 21.6 Å². The van der Waals surface area contributed by atoms with Crippen molar-refractivity contribution in [3.05, 3.63) is 29.3 Å². The molecular formula is C12H18ClN3O2S. The van der Waals surface area contributed by atoms with Crippen molar-refractivity contribution < 1.29 is 8.42 Å². The van der Waals surface area contributed by atoms with Crippen LogP contribution >= 0.6 is 11.6 Å². The maximum Gasteiger partial charge on any atom is 0.240 e. The largest absolute Gasteiger partial charge is 0.314 e. The first-order valence-corrected chi connectivity index (χ1v) is 8.12. The van der Waals surface area contributed by atoms with Crippen molar-refractivity contribution in [1.82, 2.24) is 14.9 Å². The van der Waals surface area contributed by atoms with E-state index in [-0.39, 0.29) is 4.90 Å². The second-order valence-electron chi connectivity index (χ2n) is 4.45. The maximum absolute atomic E-state index is 12.0. The molecule has 0 bridgehead atoms. The molecule has 0 unspecified atom stereocenters. The minimum atomic E-state index is -3.46. The first kappa shape index (κ1) is 14.7. The number of halogens is 1. The van der Waals surface area contributed by atoms with Crippen LogP contribution < -0.4 is 10.0 Å². The fourth-order valence-electron chi connectivity index (χ4n) is 1.99. The number of nitrogens with zero attached hydrogens (tertiary/aromatic N) is 1. The van der Waals surface area contributed by atoms with Gasteiger partial charge in [0.15, 0.2) is 0 Å². The lowest BCUT2D eigenvalue weighted by Gasteiger charge is -2.27. The van der Waals surface area contributed by atoms with Crippen molar-refractivity contribution in [2.24, 2.45) is 0 Å². The highest BCUT2D eigenvalue weighted by Crippen LogP contribution is 2.14. The number of nitrogens with one attached hydrogen (secondary N) is 2. The summed E-state index contributed by atoms with van der Waals surface area (Å²) in [5.74, 6) is 0. The molecule has 0 spiro atoms. The third-order valence-electron chi connectivity index (χ3n) is 3.04. The van der Waals surface area contributed by atoms with Gasteiger partial charge in [-0.3, -0.25) is 4.90 Å². The molecule has 5 nitrogen and oxygen atoms in total. The van der Waals surface area contributed by atoms with Crippen LogP contribution in [0.1, 0.15) is 0 Å². The first-order valence-electron chi connectivity index (χ1n) is 6.26. The molecule has 0 saturated carbocycles. The highest BCUT2D eigenvalue weighted by atomic mass is 35.5. The van der Waals surface area contributed by atoms with E-state index in [1.807, 2.05) is 0 Å². The average molecular weight is 304 g/mol. The van der Waals surface area contributed by atoms with E-state index in [0.29, 0.717) is 11.6 Å². The third kappa shape index (κ3) is 4.43. The van der Waals surface area contributed by atoms with Gasteiger partial charge in [0.05, 0.1) is 4.90 Å². The Morgan fingerprint density at radius 2 is 2.05 bits per heavy atom. The lowest BCUT2D eigenvalue weighted by atomic mass is 10.3. The summed E-state index contributed by atoms with van der Waals surface area (Å²) in [6.07, 6.45) is 0. The highest BCUT2D eigenvalue weighted by Gasteiger charge is 2.15. The van der Waals surface area contributed by atoms with E-state index < -0.39 is 10.0 Å². The van der Waals surface area contributed by atoms with Crippen LogP contribution in [-0.2, 0) is 10.0 Å². The van der Waals surface area contributed by atoms with Crippen molar-refractivity contribution in [3.63, 3.8) is 0 Å². The summed E-state index contributed by atoms with van der Waals surface area (Å²) in [7, 11) is -3.46. The second-order valence-corrected chi connectivity index (χ2v) is 6.65. The molecule has 106 valence electrons. The van der Waals surface area contributed by atoms with E-state index in [9.17, 15) is 8.42 Å². The van der Waals surface area contributed by atoms with Gasteiger partial charge in [0.25, 0.3) is 0 Å². The molecule has 0 amide bonds. The Kier molecular flexibility index (Phi) is 5.18. The van der Waals surface area contributed by atoms with Crippen LogP contribution in [0.15, 0.2) is 29.2 Å². The van der Waals surface area contributed by atoms with Crippen molar-refractivity contribution in [2.75, 3.05) is 39.3 Å². The fourth-order valence-corrected chi connectivity index (χ4v) is 3.31. The second kappa shape index (κ2) is 6.67. The minimum absolute atomic E-state index is 0.209. The van der Waals surface area contributed by atoms with Gasteiger partial charge in [-0.1, -0.05) is 17.7 Å². The molecule has 0 aliphatic carbocycles. The molecule has 1 saturated heterocycles. The smallest absolute Gasteiger partial charge is 0.240 e. The van der Waals surface area contributed by atoms with Crippen LogP contribution in [0.25, 0.3) is 0 Å². The van der Waals surface area contributed by atoms with Crippen LogP contribution in [0, 0.1) is 0 Å². The fraction of sp³-hybridized carbons (Fsp3) is 0.500. The van der Waals surface area contributed by atoms with Crippen LogP contribution in [0.3, 0.4) is 0 Å². The van der Waals surface area contributed by atoms with Crippen molar-refractivity contribution in [1.29, 1.82) is 0 Å². The molecule has 0 aromatic heterocycles. The summed E-state index contributed by atoms with van der Waals surface area (Å²) in [5.41, 5.74) is 0. The number of hydrogen-bond donors (Lipinski definition) is 2. The molecule has 1 aliphatic heterocycles. The Labute approximate surface area is 119 Å². The quantitative estimate of drug-likeness (QED) is 0.833. The molecule has 1 heterocycles. The van der Waals surface area contributed by atoms with Crippen LogP contribution in [-0.4, -0.2) is 52.6 Å². The van der Waals surface area contributed by atoms with Gasteiger partial charge < -0.3 is 5.32 Å². The van der Waals surface area contributed by atoms with Gasteiger partial charge in [-0.2, -0.15) is 0 Å². The lowest BCUT2D eigenvalue weighted by molar-refractivity contribution is 0.245. The van der Waals surface area contributed by atoms with Crippen LogP contribution in [0.5, 0.6) is 0 Å². The monoisotopic (exact) mass is 303 g/mol. The molecular weight excluding hydrogens is 286 g/mol. The van der Waals surface area contributed by atoms with E-state index in [0.717, 1.165) is 32.7 Å². The molecule has 7 heteroatoms. The Bertz CT molecular complexity index is 515. The Balaban J connectivity index is 1.87. The number of hydrogen-bond acceptors (Lipinski definition) is 4. The third-order valence-corrected chi connectivity index (χ3v) is 4.73. The SMILES string of the molecule is O=S(=O)(NCCN1CCNCC1)c1cccc(Cl)c1. The predicted octanol–water partition coefficient (Wildman–Crippen LogP) is 0.524. The van der Waals surface area contributed by atoms with Crippen LogP contribution in [0.2, 0.25) is 5.02 Å². The van der Waals surface area contributed by atoms with Crippen molar-refractivity contribution in [3.8, 4) is 0 Å². The summed E-state index contributed by atoms with van der Waals surface area (Å²) < 4.78 is 26.7. The number of sulfonamides is 1. The zero-order valence-corrected chi connectivity index (χ0v) is 12.2. The van der Waals surface area contributed by atoms with Gasteiger partial charge >= 0.3 is 0 Å². The van der Waals surface area contributed by atoms with Gasteiger partial charge in [0, 0.05) is 44.3 Å². The summed E-state index contributed by atoms with van der Waals surface area (Å²) in [6.45, 7) is 4.97. The molecule has 0 atom stereocenters. The van der Waals surface area contributed by atoms with Gasteiger partial charge in [-0.15, -0.1) is 0 Å². The number of benzene rings is 1. The van der Waals surface area contributed by atoms with E-state index in [2.05, 4.69) is 14.9 Å². The summed E-state index contributed by atoms with van der Waals surface area (Å²) in [5, 5.41) is 3.68. The summed E-state index contributed by atoms with van der Waals surface area (Å²) in [6, 6.07) is 6.28. The molecule has 2 N–H and O–H groups in total. The molecule has 2 rings (SSSR count). The van der Waals surface area contributed by atoms with E-state index in [4.69, 9.17) is 11.6 Å². The number of rotatable bonds is 5. The van der Waals surface area contributed by atoms with Gasteiger partial charge in [0.1, 0.15) is 0 Å². The zero-order valence-electron chi connectivity index (χ0n) is 10.6. The first-order chi connectivity index (χ1) is 9.08.